The van der Waals surface area contributed by atoms with Crippen molar-refractivity contribution in [1.82, 2.24) is 4.98 Å². The number of hydrogen-bond donors (Lipinski definition) is 1. The van der Waals surface area contributed by atoms with Gasteiger partial charge in [0.05, 0.1) is 5.01 Å². The van der Waals surface area contributed by atoms with Crippen LogP contribution in [0.15, 0.2) is 11.6 Å². The topological polar surface area (TPSA) is 38.9 Å². The Hall–Kier alpha value is -0.410. The molecule has 1 unspecified atom stereocenters. The summed E-state index contributed by atoms with van der Waals surface area (Å²) >= 11 is 1.72. The highest BCUT2D eigenvalue weighted by Crippen LogP contribution is 2.45. The fraction of sp³-hybridized carbons (Fsp3) is 0.727. The molecule has 78 valence electrons. The molecular formula is C11H18N2S. The third-order valence-electron chi connectivity index (χ3n) is 3.72. The Morgan fingerprint density at radius 3 is 2.79 bits per heavy atom. The predicted molar refractivity (Wildman–Crippen MR) is 60.4 cm³/mol. The van der Waals surface area contributed by atoms with Gasteiger partial charge in [-0.3, -0.25) is 0 Å². The Morgan fingerprint density at radius 1 is 1.50 bits per heavy atom. The number of thiazole rings is 1. The maximum atomic E-state index is 6.49. The summed E-state index contributed by atoms with van der Waals surface area (Å²) in [6, 6.07) is 0. The van der Waals surface area contributed by atoms with Gasteiger partial charge in [-0.25, -0.2) is 4.98 Å². The number of aromatic nitrogens is 1. The van der Waals surface area contributed by atoms with E-state index in [-0.39, 0.29) is 11.0 Å². The first-order chi connectivity index (χ1) is 6.54. The fourth-order valence-corrected chi connectivity index (χ4v) is 3.11. The summed E-state index contributed by atoms with van der Waals surface area (Å²) in [6.45, 7) is 4.57. The quantitative estimate of drug-likeness (QED) is 0.815. The van der Waals surface area contributed by atoms with Crippen LogP contribution in [0.1, 0.15) is 38.1 Å². The molecule has 0 spiro atoms. The molecule has 14 heavy (non-hydrogen) atoms. The minimum atomic E-state index is -0.0369. The molecule has 2 N–H and O–H groups in total. The highest BCUT2D eigenvalue weighted by molar-refractivity contribution is 7.09. The normalized spacial score (nSPS) is 30.8. The van der Waals surface area contributed by atoms with Crippen molar-refractivity contribution in [3.05, 3.63) is 16.6 Å². The van der Waals surface area contributed by atoms with Gasteiger partial charge in [0, 0.05) is 23.5 Å². The lowest BCUT2D eigenvalue weighted by Crippen LogP contribution is -2.50. The number of nitrogens with zero attached hydrogens (tertiary/aromatic N) is 1. The van der Waals surface area contributed by atoms with Crippen molar-refractivity contribution in [1.29, 1.82) is 0 Å². The number of nitrogens with two attached hydrogens (primary N) is 1. The molecule has 2 rings (SSSR count). The van der Waals surface area contributed by atoms with Crippen LogP contribution < -0.4 is 5.73 Å². The van der Waals surface area contributed by atoms with E-state index in [1.165, 1.54) is 17.8 Å². The molecule has 1 aromatic rings. The second kappa shape index (κ2) is 3.31. The molecule has 1 aliphatic rings. The predicted octanol–water partition coefficient (Wildman–Crippen LogP) is 2.59. The zero-order chi connectivity index (χ0) is 10.2. The van der Waals surface area contributed by atoms with Crippen LogP contribution in [0, 0.1) is 5.41 Å². The molecule has 3 heteroatoms. The van der Waals surface area contributed by atoms with Crippen molar-refractivity contribution < 1.29 is 0 Å². The Kier molecular flexibility index (Phi) is 2.40. The molecule has 1 aromatic heterocycles. The van der Waals surface area contributed by atoms with E-state index in [2.05, 4.69) is 18.8 Å². The van der Waals surface area contributed by atoms with Crippen molar-refractivity contribution in [2.24, 2.45) is 11.1 Å². The Morgan fingerprint density at radius 2 is 2.29 bits per heavy atom. The van der Waals surface area contributed by atoms with Gasteiger partial charge in [-0.1, -0.05) is 20.3 Å². The molecule has 0 bridgehead atoms. The fourth-order valence-electron chi connectivity index (χ4n) is 2.37. The lowest BCUT2D eigenvalue weighted by Gasteiger charge is -2.37. The van der Waals surface area contributed by atoms with Gasteiger partial charge < -0.3 is 5.73 Å². The Balaban J connectivity index is 2.17. The number of hydrogen-bond acceptors (Lipinski definition) is 3. The molecule has 1 saturated carbocycles. The van der Waals surface area contributed by atoms with Crippen molar-refractivity contribution in [2.75, 3.05) is 0 Å². The summed E-state index contributed by atoms with van der Waals surface area (Å²) in [5.41, 5.74) is 6.72. The first-order valence-corrected chi connectivity index (χ1v) is 6.09. The average molecular weight is 210 g/mol. The SMILES string of the molecule is CC1(C)CCCC1(N)Cc1nccs1. The van der Waals surface area contributed by atoms with E-state index in [9.17, 15) is 0 Å². The molecule has 0 amide bonds. The van der Waals surface area contributed by atoms with E-state index < -0.39 is 0 Å². The smallest absolute Gasteiger partial charge is 0.0943 e. The third-order valence-corrected chi connectivity index (χ3v) is 4.50. The standard InChI is InChI=1S/C11H18N2S/c1-10(2)4-3-5-11(10,12)8-9-13-6-7-14-9/h6-7H,3-5,8,12H2,1-2H3. The van der Waals surface area contributed by atoms with E-state index in [0.29, 0.717) is 0 Å². The monoisotopic (exact) mass is 210 g/mol. The van der Waals surface area contributed by atoms with E-state index in [4.69, 9.17) is 5.73 Å². The van der Waals surface area contributed by atoms with Gasteiger partial charge in [-0.2, -0.15) is 0 Å². The van der Waals surface area contributed by atoms with Crippen LogP contribution in [0.25, 0.3) is 0 Å². The van der Waals surface area contributed by atoms with Crippen LogP contribution in [0.4, 0.5) is 0 Å². The molecule has 1 heterocycles. The first-order valence-electron chi connectivity index (χ1n) is 5.21. The molecule has 2 nitrogen and oxygen atoms in total. The van der Waals surface area contributed by atoms with Gasteiger partial charge >= 0.3 is 0 Å². The molecule has 0 saturated heterocycles. The zero-order valence-electron chi connectivity index (χ0n) is 8.92. The lowest BCUT2D eigenvalue weighted by atomic mass is 9.74. The van der Waals surface area contributed by atoms with Crippen LogP contribution in [0.5, 0.6) is 0 Å². The van der Waals surface area contributed by atoms with Crippen molar-refractivity contribution in [2.45, 2.75) is 45.1 Å². The summed E-state index contributed by atoms with van der Waals surface area (Å²) in [4.78, 5) is 4.33. The first kappa shape index (κ1) is 10.1. The molecule has 1 atom stereocenters. The zero-order valence-corrected chi connectivity index (χ0v) is 9.73. The van der Waals surface area contributed by atoms with Crippen LogP contribution in [-0.4, -0.2) is 10.5 Å². The second-order valence-corrected chi connectivity index (χ2v) is 5.98. The average Bonchev–Trinajstić information content (AvgIpc) is 2.63. The van der Waals surface area contributed by atoms with Crippen molar-refractivity contribution >= 4 is 11.3 Å². The van der Waals surface area contributed by atoms with Crippen molar-refractivity contribution in [3.8, 4) is 0 Å². The summed E-state index contributed by atoms with van der Waals surface area (Å²) in [5, 5.41) is 3.21. The minimum absolute atomic E-state index is 0.0369. The van der Waals surface area contributed by atoms with Gasteiger partial charge in [0.1, 0.15) is 0 Å². The van der Waals surface area contributed by atoms with Crippen LogP contribution in [-0.2, 0) is 6.42 Å². The van der Waals surface area contributed by atoms with Gasteiger partial charge in [-0.15, -0.1) is 11.3 Å². The lowest BCUT2D eigenvalue weighted by molar-refractivity contribution is 0.207. The van der Waals surface area contributed by atoms with Crippen molar-refractivity contribution in [3.63, 3.8) is 0 Å². The summed E-state index contributed by atoms with van der Waals surface area (Å²) in [6.07, 6.45) is 6.45. The van der Waals surface area contributed by atoms with Gasteiger partial charge in [0.2, 0.25) is 0 Å². The molecule has 0 radical (unpaired) electrons. The molecule has 0 aliphatic heterocycles. The second-order valence-electron chi connectivity index (χ2n) is 5.00. The van der Waals surface area contributed by atoms with Crippen LogP contribution in [0.3, 0.4) is 0 Å². The molecule has 0 aromatic carbocycles. The molecule has 1 aliphatic carbocycles. The van der Waals surface area contributed by atoms with E-state index in [0.717, 1.165) is 12.8 Å². The Bertz CT molecular complexity index is 305. The molecule has 1 fully saturated rings. The maximum Gasteiger partial charge on any atom is 0.0943 e. The summed E-state index contributed by atoms with van der Waals surface area (Å²) in [7, 11) is 0. The van der Waals surface area contributed by atoms with Crippen LogP contribution in [0.2, 0.25) is 0 Å². The highest BCUT2D eigenvalue weighted by Gasteiger charge is 2.45. The summed E-state index contributed by atoms with van der Waals surface area (Å²) in [5.74, 6) is 0. The van der Waals surface area contributed by atoms with Crippen LogP contribution >= 0.6 is 11.3 Å². The van der Waals surface area contributed by atoms with Gasteiger partial charge in [0.25, 0.3) is 0 Å². The Labute approximate surface area is 89.5 Å². The maximum absolute atomic E-state index is 6.49. The van der Waals surface area contributed by atoms with E-state index in [1.807, 2.05) is 11.6 Å². The van der Waals surface area contributed by atoms with Gasteiger partial charge in [-0.05, 0) is 18.3 Å². The van der Waals surface area contributed by atoms with E-state index >= 15 is 0 Å². The largest absolute Gasteiger partial charge is 0.324 e. The highest BCUT2D eigenvalue weighted by atomic mass is 32.1. The van der Waals surface area contributed by atoms with E-state index in [1.54, 1.807) is 11.3 Å². The third kappa shape index (κ3) is 1.59. The molecular weight excluding hydrogens is 192 g/mol. The minimum Gasteiger partial charge on any atom is -0.324 e. The van der Waals surface area contributed by atoms with Gasteiger partial charge in [0.15, 0.2) is 0 Å². The number of rotatable bonds is 2. The summed E-state index contributed by atoms with van der Waals surface area (Å²) < 4.78 is 0.